The number of nitrogens with one attached hydrogen (secondary N) is 2. The first-order chi connectivity index (χ1) is 13.0. The number of methoxy groups -OCH3 is 1. The lowest BCUT2D eigenvalue weighted by Crippen LogP contribution is -2.26. The maximum Gasteiger partial charge on any atom is 0.313 e. The maximum absolute atomic E-state index is 12.2. The van der Waals surface area contributed by atoms with E-state index in [-0.39, 0.29) is 33.9 Å². The van der Waals surface area contributed by atoms with Gasteiger partial charge in [-0.3, -0.25) is 14.9 Å². The van der Waals surface area contributed by atoms with Crippen LogP contribution in [0.1, 0.15) is 16.8 Å². The zero-order valence-electron chi connectivity index (χ0n) is 15.0. The molecule has 0 atom stereocenters. The highest BCUT2D eigenvalue weighted by Crippen LogP contribution is 2.37. The monoisotopic (exact) mass is 393 g/mol. The summed E-state index contributed by atoms with van der Waals surface area (Å²) >= 11 is 5.81. The van der Waals surface area contributed by atoms with Gasteiger partial charge in [0, 0.05) is 23.2 Å². The molecule has 0 saturated carbocycles. The van der Waals surface area contributed by atoms with E-state index in [9.17, 15) is 14.9 Å². The first-order valence-electron chi connectivity index (χ1n) is 8.19. The molecular formula is C18H20ClN3O5. The molecular weight excluding hydrogens is 374 g/mol. The van der Waals surface area contributed by atoms with Gasteiger partial charge in [-0.05, 0) is 50.3 Å². The second-order valence-corrected chi connectivity index (χ2v) is 5.99. The van der Waals surface area contributed by atoms with Crippen LogP contribution in [0.15, 0.2) is 36.4 Å². The van der Waals surface area contributed by atoms with Crippen molar-refractivity contribution in [3.8, 4) is 17.2 Å². The number of nitro groups is 1. The minimum atomic E-state index is -0.583. The van der Waals surface area contributed by atoms with Crippen LogP contribution in [0, 0.1) is 10.1 Å². The minimum absolute atomic E-state index is 0.0203. The largest absolute Gasteiger partial charge is 0.493 e. The molecule has 0 aliphatic rings. The molecule has 144 valence electrons. The molecule has 0 bridgehead atoms. The number of ether oxygens (including phenoxy) is 2. The SMILES string of the molecule is CNCCCNC(=O)c1ccc(Oc2ccc(Cl)cc2[N+](=O)[O-])c(OC)c1. The van der Waals surface area contributed by atoms with Crippen LogP contribution < -0.4 is 20.1 Å². The Morgan fingerprint density at radius 2 is 1.89 bits per heavy atom. The number of hydrogen-bond acceptors (Lipinski definition) is 6. The van der Waals surface area contributed by atoms with E-state index in [2.05, 4.69) is 10.6 Å². The van der Waals surface area contributed by atoms with Gasteiger partial charge in [-0.15, -0.1) is 0 Å². The summed E-state index contributed by atoms with van der Waals surface area (Å²) in [4.78, 5) is 22.8. The second-order valence-electron chi connectivity index (χ2n) is 5.55. The molecule has 2 N–H and O–H groups in total. The molecule has 9 heteroatoms. The molecule has 0 unspecified atom stereocenters. The van der Waals surface area contributed by atoms with Gasteiger partial charge >= 0.3 is 5.69 Å². The number of nitro benzene ring substituents is 1. The van der Waals surface area contributed by atoms with E-state index in [4.69, 9.17) is 21.1 Å². The van der Waals surface area contributed by atoms with E-state index in [1.54, 1.807) is 6.07 Å². The summed E-state index contributed by atoms with van der Waals surface area (Å²) in [5.41, 5.74) is 0.130. The Morgan fingerprint density at radius 1 is 1.15 bits per heavy atom. The van der Waals surface area contributed by atoms with Crippen molar-refractivity contribution in [3.63, 3.8) is 0 Å². The van der Waals surface area contributed by atoms with Crippen molar-refractivity contribution in [1.29, 1.82) is 0 Å². The van der Waals surface area contributed by atoms with E-state index in [0.717, 1.165) is 13.0 Å². The summed E-state index contributed by atoms with van der Waals surface area (Å²) in [6.07, 6.45) is 0.806. The Balaban J connectivity index is 2.20. The smallest absolute Gasteiger partial charge is 0.313 e. The molecule has 2 aromatic carbocycles. The third-order valence-electron chi connectivity index (χ3n) is 3.65. The van der Waals surface area contributed by atoms with Crippen LogP contribution in [0.4, 0.5) is 5.69 Å². The Kier molecular flexibility index (Phi) is 7.39. The quantitative estimate of drug-likeness (QED) is 0.384. The van der Waals surface area contributed by atoms with Crippen LogP contribution in [0.5, 0.6) is 17.2 Å². The number of nitrogens with zero attached hydrogens (tertiary/aromatic N) is 1. The highest BCUT2D eigenvalue weighted by molar-refractivity contribution is 6.30. The number of halogens is 1. The van der Waals surface area contributed by atoms with Gasteiger partial charge in [-0.2, -0.15) is 0 Å². The average molecular weight is 394 g/mol. The number of rotatable bonds is 9. The average Bonchev–Trinajstić information content (AvgIpc) is 2.66. The van der Waals surface area contributed by atoms with E-state index >= 15 is 0 Å². The fraction of sp³-hybridized carbons (Fsp3) is 0.278. The van der Waals surface area contributed by atoms with Crippen LogP contribution in [0.25, 0.3) is 0 Å². The predicted molar refractivity (Wildman–Crippen MR) is 102 cm³/mol. The van der Waals surface area contributed by atoms with Crippen molar-refractivity contribution >= 4 is 23.2 Å². The Morgan fingerprint density at radius 3 is 2.56 bits per heavy atom. The zero-order valence-corrected chi connectivity index (χ0v) is 15.7. The van der Waals surface area contributed by atoms with Crippen LogP contribution in [-0.4, -0.2) is 38.1 Å². The van der Waals surface area contributed by atoms with Crippen molar-refractivity contribution in [3.05, 3.63) is 57.1 Å². The fourth-order valence-corrected chi connectivity index (χ4v) is 2.47. The molecule has 0 spiro atoms. The minimum Gasteiger partial charge on any atom is -0.493 e. The summed E-state index contributed by atoms with van der Waals surface area (Å²) in [6, 6.07) is 8.71. The molecule has 0 radical (unpaired) electrons. The van der Waals surface area contributed by atoms with Crippen LogP contribution >= 0.6 is 11.6 Å². The summed E-state index contributed by atoms with van der Waals surface area (Å²) in [7, 11) is 3.27. The first-order valence-corrected chi connectivity index (χ1v) is 8.56. The van der Waals surface area contributed by atoms with Crippen molar-refractivity contribution < 1.29 is 19.2 Å². The van der Waals surface area contributed by atoms with Gasteiger partial charge in [-0.25, -0.2) is 0 Å². The molecule has 0 aromatic heterocycles. The molecule has 0 aliphatic heterocycles. The van der Waals surface area contributed by atoms with E-state index in [1.165, 1.54) is 37.4 Å². The van der Waals surface area contributed by atoms with Crippen molar-refractivity contribution in [1.82, 2.24) is 10.6 Å². The van der Waals surface area contributed by atoms with Gasteiger partial charge in [0.15, 0.2) is 11.5 Å². The van der Waals surface area contributed by atoms with Gasteiger partial charge in [0.1, 0.15) is 0 Å². The molecule has 1 amide bonds. The second kappa shape index (κ2) is 9.75. The summed E-state index contributed by atoms with van der Waals surface area (Å²) in [5, 5.41) is 17.2. The molecule has 0 heterocycles. The molecule has 8 nitrogen and oxygen atoms in total. The molecule has 2 aromatic rings. The number of hydrogen-bond donors (Lipinski definition) is 2. The lowest BCUT2D eigenvalue weighted by atomic mass is 10.2. The van der Waals surface area contributed by atoms with Crippen LogP contribution in [0.2, 0.25) is 5.02 Å². The van der Waals surface area contributed by atoms with Crippen LogP contribution in [-0.2, 0) is 0 Å². The van der Waals surface area contributed by atoms with Crippen molar-refractivity contribution in [2.45, 2.75) is 6.42 Å². The van der Waals surface area contributed by atoms with E-state index < -0.39 is 4.92 Å². The van der Waals surface area contributed by atoms with E-state index in [1.807, 2.05) is 7.05 Å². The molecule has 0 fully saturated rings. The third-order valence-corrected chi connectivity index (χ3v) is 3.89. The normalized spacial score (nSPS) is 10.3. The summed E-state index contributed by atoms with van der Waals surface area (Å²) in [6.45, 7) is 1.34. The lowest BCUT2D eigenvalue weighted by molar-refractivity contribution is -0.385. The van der Waals surface area contributed by atoms with Crippen LogP contribution in [0.3, 0.4) is 0 Å². The van der Waals surface area contributed by atoms with Crippen molar-refractivity contribution in [2.75, 3.05) is 27.2 Å². The molecule has 0 saturated heterocycles. The summed E-state index contributed by atoms with van der Waals surface area (Å²) < 4.78 is 10.9. The van der Waals surface area contributed by atoms with E-state index in [0.29, 0.717) is 12.1 Å². The van der Waals surface area contributed by atoms with Gasteiger partial charge in [0.25, 0.3) is 5.91 Å². The Labute approximate surface area is 161 Å². The standard InChI is InChI=1S/C18H20ClN3O5/c1-20-8-3-9-21-18(23)12-4-6-16(17(10-12)26-2)27-15-7-5-13(19)11-14(15)22(24)25/h4-7,10-11,20H,3,8-9H2,1-2H3,(H,21,23). The number of carbonyl (C=O) groups excluding carboxylic acids is 1. The molecule has 0 aliphatic carbocycles. The number of amides is 1. The molecule has 27 heavy (non-hydrogen) atoms. The highest BCUT2D eigenvalue weighted by Gasteiger charge is 2.19. The van der Waals surface area contributed by atoms with Gasteiger partial charge in [0.2, 0.25) is 5.75 Å². The van der Waals surface area contributed by atoms with Gasteiger partial charge in [-0.1, -0.05) is 11.6 Å². The lowest BCUT2D eigenvalue weighted by Gasteiger charge is -2.12. The number of benzene rings is 2. The van der Waals surface area contributed by atoms with Gasteiger partial charge in [0.05, 0.1) is 12.0 Å². The Hall–Kier alpha value is -2.84. The third kappa shape index (κ3) is 5.57. The fourth-order valence-electron chi connectivity index (χ4n) is 2.30. The number of carbonyl (C=O) groups is 1. The predicted octanol–water partition coefficient (Wildman–Crippen LogP) is 3.39. The maximum atomic E-state index is 12.2. The topological polar surface area (TPSA) is 103 Å². The van der Waals surface area contributed by atoms with Gasteiger partial charge < -0.3 is 20.1 Å². The summed E-state index contributed by atoms with van der Waals surface area (Å²) in [5.74, 6) is 0.303. The first kappa shape index (κ1) is 20.5. The molecule has 2 rings (SSSR count). The van der Waals surface area contributed by atoms with Crippen molar-refractivity contribution in [2.24, 2.45) is 0 Å². The highest BCUT2D eigenvalue weighted by atomic mass is 35.5. The zero-order chi connectivity index (χ0) is 19.8. The Bertz CT molecular complexity index is 829.